The monoisotopic (exact) mass is 273 g/mol. The molecule has 3 nitrogen and oxygen atoms in total. The molecule has 1 aromatic heterocycles. The zero-order chi connectivity index (χ0) is 13.4. The van der Waals surface area contributed by atoms with Crippen molar-refractivity contribution in [3.05, 3.63) is 51.9 Å². The standard InChI is InChI=1S/C15H16ClN3/c1-3-13-17-14(16)10(2)15(18-13)19-8-11-6-4-5-7-12(11)9-19/h4-7H,3,8-9H2,1-2H3. The third kappa shape index (κ3) is 2.19. The van der Waals surface area contributed by atoms with Crippen LogP contribution in [0.3, 0.4) is 0 Å². The van der Waals surface area contributed by atoms with Crippen LogP contribution in [-0.4, -0.2) is 9.97 Å². The molecule has 1 aromatic carbocycles. The second kappa shape index (κ2) is 4.82. The van der Waals surface area contributed by atoms with E-state index >= 15 is 0 Å². The van der Waals surface area contributed by atoms with Gasteiger partial charge in [-0.25, -0.2) is 9.97 Å². The van der Waals surface area contributed by atoms with E-state index < -0.39 is 0 Å². The quantitative estimate of drug-likeness (QED) is 0.784. The Balaban J connectivity index is 1.99. The highest BCUT2D eigenvalue weighted by Crippen LogP contribution is 2.31. The van der Waals surface area contributed by atoms with E-state index in [1.54, 1.807) is 0 Å². The van der Waals surface area contributed by atoms with Crippen LogP contribution in [0.5, 0.6) is 0 Å². The molecule has 2 heterocycles. The van der Waals surface area contributed by atoms with Crippen molar-refractivity contribution >= 4 is 17.4 Å². The van der Waals surface area contributed by atoms with Crippen LogP contribution in [0, 0.1) is 6.92 Å². The van der Waals surface area contributed by atoms with E-state index in [0.717, 1.165) is 36.7 Å². The Morgan fingerprint density at radius 2 is 1.79 bits per heavy atom. The average Bonchev–Trinajstić information content (AvgIpc) is 2.85. The Hall–Kier alpha value is -1.61. The van der Waals surface area contributed by atoms with E-state index in [1.807, 2.05) is 13.8 Å². The fourth-order valence-electron chi connectivity index (χ4n) is 2.47. The van der Waals surface area contributed by atoms with Gasteiger partial charge >= 0.3 is 0 Å². The van der Waals surface area contributed by atoms with Gasteiger partial charge in [-0.15, -0.1) is 0 Å². The van der Waals surface area contributed by atoms with Gasteiger partial charge in [0.1, 0.15) is 16.8 Å². The van der Waals surface area contributed by atoms with Crippen molar-refractivity contribution < 1.29 is 0 Å². The molecule has 3 rings (SSSR count). The van der Waals surface area contributed by atoms with Crippen molar-refractivity contribution in [1.82, 2.24) is 9.97 Å². The molecule has 0 N–H and O–H groups in total. The lowest BCUT2D eigenvalue weighted by Crippen LogP contribution is -2.18. The first-order chi connectivity index (χ1) is 9.19. The third-order valence-electron chi connectivity index (χ3n) is 3.56. The van der Waals surface area contributed by atoms with Gasteiger partial charge < -0.3 is 4.90 Å². The maximum atomic E-state index is 6.21. The maximum Gasteiger partial charge on any atom is 0.137 e. The van der Waals surface area contributed by atoms with Crippen LogP contribution in [0.25, 0.3) is 0 Å². The fourth-order valence-corrected chi connectivity index (χ4v) is 2.65. The molecular formula is C15H16ClN3. The van der Waals surface area contributed by atoms with E-state index in [4.69, 9.17) is 11.6 Å². The first-order valence-corrected chi connectivity index (χ1v) is 6.91. The predicted molar refractivity (Wildman–Crippen MR) is 77.5 cm³/mol. The highest BCUT2D eigenvalue weighted by molar-refractivity contribution is 6.30. The normalized spacial score (nSPS) is 13.7. The molecule has 2 aromatic rings. The molecule has 19 heavy (non-hydrogen) atoms. The average molecular weight is 274 g/mol. The van der Waals surface area contributed by atoms with Gasteiger partial charge in [0.05, 0.1) is 0 Å². The van der Waals surface area contributed by atoms with E-state index in [1.165, 1.54) is 11.1 Å². The second-order valence-corrected chi connectivity index (χ2v) is 5.22. The van der Waals surface area contributed by atoms with Crippen molar-refractivity contribution in [2.45, 2.75) is 33.4 Å². The summed E-state index contributed by atoms with van der Waals surface area (Å²) in [6.45, 7) is 5.82. The Morgan fingerprint density at radius 3 is 2.37 bits per heavy atom. The first-order valence-electron chi connectivity index (χ1n) is 6.53. The summed E-state index contributed by atoms with van der Waals surface area (Å²) in [5.41, 5.74) is 3.70. The van der Waals surface area contributed by atoms with E-state index in [9.17, 15) is 0 Å². The van der Waals surface area contributed by atoms with Crippen LogP contribution < -0.4 is 4.90 Å². The van der Waals surface area contributed by atoms with Crippen LogP contribution in [0.4, 0.5) is 5.82 Å². The van der Waals surface area contributed by atoms with Crippen LogP contribution in [0.2, 0.25) is 5.15 Å². The molecular weight excluding hydrogens is 258 g/mol. The lowest BCUT2D eigenvalue weighted by atomic mass is 10.1. The number of hydrogen-bond donors (Lipinski definition) is 0. The number of nitrogens with zero attached hydrogens (tertiary/aromatic N) is 3. The number of hydrogen-bond acceptors (Lipinski definition) is 3. The Labute approximate surface area is 118 Å². The lowest BCUT2D eigenvalue weighted by molar-refractivity contribution is 0.820. The fraction of sp³-hybridized carbons (Fsp3) is 0.333. The number of aromatic nitrogens is 2. The number of rotatable bonds is 2. The molecule has 0 aliphatic carbocycles. The minimum absolute atomic E-state index is 0.567. The molecule has 0 bridgehead atoms. The summed E-state index contributed by atoms with van der Waals surface area (Å²) in [6, 6.07) is 8.52. The highest BCUT2D eigenvalue weighted by Gasteiger charge is 2.22. The van der Waals surface area contributed by atoms with Crippen LogP contribution >= 0.6 is 11.6 Å². The van der Waals surface area contributed by atoms with Gasteiger partial charge in [-0.05, 0) is 18.1 Å². The summed E-state index contributed by atoms with van der Waals surface area (Å²) < 4.78 is 0. The summed E-state index contributed by atoms with van der Waals surface area (Å²) in [5, 5.41) is 0.567. The topological polar surface area (TPSA) is 29.0 Å². The molecule has 0 unspecified atom stereocenters. The highest BCUT2D eigenvalue weighted by atomic mass is 35.5. The van der Waals surface area contributed by atoms with Crippen LogP contribution in [0.15, 0.2) is 24.3 Å². The maximum absolute atomic E-state index is 6.21. The van der Waals surface area contributed by atoms with Gasteiger partial charge in [-0.3, -0.25) is 0 Å². The molecule has 0 radical (unpaired) electrons. The van der Waals surface area contributed by atoms with Gasteiger partial charge in [-0.1, -0.05) is 42.8 Å². The molecule has 1 aliphatic heterocycles. The van der Waals surface area contributed by atoms with Crippen molar-refractivity contribution in [3.63, 3.8) is 0 Å². The predicted octanol–water partition coefficient (Wildman–Crippen LogP) is 3.52. The number of halogens is 1. The molecule has 4 heteroatoms. The summed E-state index contributed by atoms with van der Waals surface area (Å²) in [6.07, 6.45) is 0.799. The molecule has 0 saturated heterocycles. The van der Waals surface area contributed by atoms with E-state index in [-0.39, 0.29) is 0 Å². The van der Waals surface area contributed by atoms with Gasteiger partial charge in [0.15, 0.2) is 0 Å². The zero-order valence-corrected chi connectivity index (χ0v) is 11.9. The largest absolute Gasteiger partial charge is 0.348 e. The SMILES string of the molecule is CCc1nc(Cl)c(C)c(N2Cc3ccccc3C2)n1. The number of benzene rings is 1. The summed E-state index contributed by atoms with van der Waals surface area (Å²) in [4.78, 5) is 11.2. The van der Waals surface area contributed by atoms with Gasteiger partial charge in [-0.2, -0.15) is 0 Å². The molecule has 98 valence electrons. The van der Waals surface area contributed by atoms with Crippen LogP contribution in [-0.2, 0) is 19.5 Å². The molecule has 0 saturated carbocycles. The lowest BCUT2D eigenvalue weighted by Gasteiger charge is -2.20. The van der Waals surface area contributed by atoms with Crippen LogP contribution in [0.1, 0.15) is 29.4 Å². The van der Waals surface area contributed by atoms with E-state index in [2.05, 4.69) is 39.1 Å². The van der Waals surface area contributed by atoms with Gasteiger partial charge in [0.25, 0.3) is 0 Å². The first kappa shape index (κ1) is 12.4. The smallest absolute Gasteiger partial charge is 0.137 e. The second-order valence-electron chi connectivity index (χ2n) is 4.86. The van der Waals surface area contributed by atoms with Crippen molar-refractivity contribution in [1.29, 1.82) is 0 Å². The molecule has 0 fully saturated rings. The summed E-state index contributed by atoms with van der Waals surface area (Å²) in [7, 11) is 0. The third-order valence-corrected chi connectivity index (χ3v) is 3.93. The minimum atomic E-state index is 0.567. The van der Waals surface area contributed by atoms with Crippen molar-refractivity contribution in [3.8, 4) is 0 Å². The number of anilines is 1. The van der Waals surface area contributed by atoms with Gasteiger partial charge in [0.2, 0.25) is 0 Å². The molecule has 0 atom stereocenters. The zero-order valence-electron chi connectivity index (χ0n) is 11.2. The summed E-state index contributed by atoms with van der Waals surface area (Å²) >= 11 is 6.21. The Kier molecular flexibility index (Phi) is 3.15. The molecule has 1 aliphatic rings. The number of fused-ring (bicyclic) bond motifs is 1. The minimum Gasteiger partial charge on any atom is -0.348 e. The Morgan fingerprint density at radius 1 is 1.16 bits per heavy atom. The molecule has 0 amide bonds. The van der Waals surface area contributed by atoms with E-state index in [0.29, 0.717) is 5.15 Å². The summed E-state index contributed by atoms with van der Waals surface area (Å²) in [5.74, 6) is 1.77. The number of aryl methyl sites for hydroxylation is 1. The van der Waals surface area contributed by atoms with Crippen molar-refractivity contribution in [2.75, 3.05) is 4.90 Å². The molecule has 0 spiro atoms. The Bertz CT molecular complexity index is 600. The van der Waals surface area contributed by atoms with Gasteiger partial charge in [0, 0.05) is 25.1 Å². The van der Waals surface area contributed by atoms with Crippen molar-refractivity contribution in [2.24, 2.45) is 0 Å².